The molecule has 0 N–H and O–H groups in total. The zero-order valence-electron chi connectivity index (χ0n) is 13.3. The van der Waals surface area contributed by atoms with Crippen molar-refractivity contribution in [1.29, 1.82) is 0 Å². The first kappa shape index (κ1) is 15.9. The third-order valence-corrected chi connectivity index (χ3v) is 3.44. The summed E-state index contributed by atoms with van der Waals surface area (Å²) in [6.07, 6.45) is 1.77. The first-order valence-electron chi connectivity index (χ1n) is 7.34. The maximum atomic E-state index is 12.5. The quantitative estimate of drug-likeness (QED) is 0.662. The Hall–Kier alpha value is -1.11. The fourth-order valence-corrected chi connectivity index (χ4v) is 2.69. The molecule has 0 spiro atoms. The fraction of sp³-hybridized carbons (Fsp3) is 0.611. The Morgan fingerprint density at radius 2 is 1.68 bits per heavy atom. The number of Topliss-reactive ketones (excluding diaryl/α,β-unsaturated/α-hetero) is 1. The SMILES string of the molecule is CC(C)CC(C)CC(=O)c1ccccc1C(C)(C)C. The Labute approximate surface area is 118 Å². The number of benzene rings is 1. The molecule has 1 unspecified atom stereocenters. The highest BCUT2D eigenvalue weighted by Crippen LogP contribution is 2.28. The first-order chi connectivity index (χ1) is 8.71. The average molecular weight is 260 g/mol. The van der Waals surface area contributed by atoms with Crippen molar-refractivity contribution >= 4 is 5.78 Å². The van der Waals surface area contributed by atoms with Gasteiger partial charge in [0.15, 0.2) is 5.78 Å². The van der Waals surface area contributed by atoms with Gasteiger partial charge in [-0.2, -0.15) is 0 Å². The topological polar surface area (TPSA) is 17.1 Å². The van der Waals surface area contributed by atoms with Crippen molar-refractivity contribution in [3.05, 3.63) is 35.4 Å². The molecule has 0 amide bonds. The second-order valence-electron chi connectivity index (χ2n) is 7.16. The van der Waals surface area contributed by atoms with Gasteiger partial charge in [-0.15, -0.1) is 0 Å². The lowest BCUT2D eigenvalue weighted by atomic mass is 9.81. The zero-order chi connectivity index (χ0) is 14.6. The van der Waals surface area contributed by atoms with E-state index in [1.165, 1.54) is 0 Å². The van der Waals surface area contributed by atoms with E-state index in [0.29, 0.717) is 24.0 Å². The second kappa shape index (κ2) is 6.36. The van der Waals surface area contributed by atoms with Crippen molar-refractivity contribution in [2.75, 3.05) is 0 Å². The van der Waals surface area contributed by atoms with E-state index in [9.17, 15) is 4.79 Å². The normalized spacial score (nSPS) is 13.6. The van der Waals surface area contributed by atoms with Gasteiger partial charge >= 0.3 is 0 Å². The van der Waals surface area contributed by atoms with E-state index >= 15 is 0 Å². The number of carbonyl (C=O) groups excluding carboxylic acids is 1. The van der Waals surface area contributed by atoms with E-state index in [1.807, 2.05) is 18.2 Å². The van der Waals surface area contributed by atoms with Gasteiger partial charge in [0.2, 0.25) is 0 Å². The van der Waals surface area contributed by atoms with Crippen molar-refractivity contribution < 1.29 is 4.79 Å². The summed E-state index contributed by atoms with van der Waals surface area (Å²) in [5.74, 6) is 1.40. The number of rotatable bonds is 5. The number of hydrogen-bond acceptors (Lipinski definition) is 1. The van der Waals surface area contributed by atoms with Crippen molar-refractivity contribution in [2.45, 2.75) is 59.8 Å². The molecule has 0 aliphatic rings. The maximum absolute atomic E-state index is 12.5. The molecule has 0 aliphatic carbocycles. The van der Waals surface area contributed by atoms with Gasteiger partial charge in [-0.05, 0) is 29.2 Å². The summed E-state index contributed by atoms with van der Waals surface area (Å²) in [5.41, 5.74) is 2.09. The van der Waals surface area contributed by atoms with Gasteiger partial charge in [0.1, 0.15) is 0 Å². The molecule has 0 fully saturated rings. The van der Waals surface area contributed by atoms with Gasteiger partial charge in [-0.1, -0.05) is 65.8 Å². The van der Waals surface area contributed by atoms with E-state index in [1.54, 1.807) is 0 Å². The highest BCUT2D eigenvalue weighted by molar-refractivity contribution is 5.97. The van der Waals surface area contributed by atoms with Crippen LogP contribution in [-0.4, -0.2) is 5.78 Å². The molecular formula is C18H28O. The van der Waals surface area contributed by atoms with E-state index in [-0.39, 0.29) is 5.41 Å². The van der Waals surface area contributed by atoms with Crippen molar-refractivity contribution in [1.82, 2.24) is 0 Å². The zero-order valence-corrected chi connectivity index (χ0v) is 13.3. The van der Waals surface area contributed by atoms with Gasteiger partial charge < -0.3 is 0 Å². The van der Waals surface area contributed by atoms with E-state index in [4.69, 9.17) is 0 Å². The number of carbonyl (C=O) groups is 1. The van der Waals surface area contributed by atoms with Crippen LogP contribution in [0.4, 0.5) is 0 Å². The third-order valence-electron chi connectivity index (χ3n) is 3.44. The van der Waals surface area contributed by atoms with Gasteiger partial charge in [-0.25, -0.2) is 0 Å². The highest BCUT2D eigenvalue weighted by Gasteiger charge is 2.22. The molecule has 1 aromatic rings. The molecule has 0 radical (unpaired) electrons. The number of hydrogen-bond donors (Lipinski definition) is 0. The Balaban J connectivity index is 2.89. The van der Waals surface area contributed by atoms with Crippen LogP contribution in [0.2, 0.25) is 0 Å². The Morgan fingerprint density at radius 3 is 2.21 bits per heavy atom. The minimum atomic E-state index is 0.0214. The average Bonchev–Trinajstić information content (AvgIpc) is 2.26. The Kier molecular flexibility index (Phi) is 5.34. The Bertz CT molecular complexity index is 424. The van der Waals surface area contributed by atoms with E-state index in [2.05, 4.69) is 47.6 Å². The van der Waals surface area contributed by atoms with Crippen molar-refractivity contribution in [3.8, 4) is 0 Å². The second-order valence-corrected chi connectivity index (χ2v) is 7.16. The standard InChI is InChI=1S/C18H28O/c1-13(2)11-14(3)12-17(19)15-9-7-8-10-16(15)18(4,5)6/h7-10,13-14H,11-12H2,1-6H3. The summed E-state index contributed by atoms with van der Waals surface area (Å²) < 4.78 is 0. The molecule has 0 saturated carbocycles. The van der Waals surface area contributed by atoms with Crippen LogP contribution < -0.4 is 0 Å². The van der Waals surface area contributed by atoms with Crippen LogP contribution in [0.25, 0.3) is 0 Å². The van der Waals surface area contributed by atoms with Crippen LogP contribution in [0, 0.1) is 11.8 Å². The lowest BCUT2D eigenvalue weighted by Gasteiger charge is -2.23. The maximum Gasteiger partial charge on any atom is 0.163 e. The molecule has 1 nitrogen and oxygen atoms in total. The van der Waals surface area contributed by atoms with Gasteiger partial charge in [0.05, 0.1) is 0 Å². The van der Waals surface area contributed by atoms with Gasteiger partial charge in [0.25, 0.3) is 0 Å². The predicted octanol–water partition coefficient (Wildman–Crippen LogP) is 5.24. The molecule has 0 bridgehead atoms. The molecule has 1 aromatic carbocycles. The highest BCUT2D eigenvalue weighted by atomic mass is 16.1. The third kappa shape index (κ3) is 4.81. The molecule has 0 heterocycles. The summed E-state index contributed by atoms with van der Waals surface area (Å²) >= 11 is 0. The van der Waals surface area contributed by atoms with Gasteiger partial charge in [-0.3, -0.25) is 4.79 Å². The summed E-state index contributed by atoms with van der Waals surface area (Å²) in [5, 5.41) is 0. The van der Waals surface area contributed by atoms with Crippen LogP contribution in [0.1, 0.15) is 70.3 Å². The summed E-state index contributed by atoms with van der Waals surface area (Å²) in [4.78, 5) is 12.5. The molecule has 0 aromatic heterocycles. The van der Waals surface area contributed by atoms with Crippen LogP contribution >= 0.6 is 0 Å². The lowest BCUT2D eigenvalue weighted by Crippen LogP contribution is -2.18. The van der Waals surface area contributed by atoms with Crippen LogP contribution in [0.15, 0.2) is 24.3 Å². The Morgan fingerprint density at radius 1 is 1.11 bits per heavy atom. The molecular weight excluding hydrogens is 232 g/mol. The summed E-state index contributed by atoms with van der Waals surface area (Å²) in [6, 6.07) is 8.05. The molecule has 19 heavy (non-hydrogen) atoms. The van der Waals surface area contributed by atoms with E-state index < -0.39 is 0 Å². The minimum absolute atomic E-state index is 0.0214. The molecule has 0 aliphatic heterocycles. The van der Waals surface area contributed by atoms with Crippen LogP contribution in [0.3, 0.4) is 0 Å². The predicted molar refractivity (Wildman–Crippen MR) is 82.7 cm³/mol. The van der Waals surface area contributed by atoms with Crippen LogP contribution in [-0.2, 0) is 5.41 Å². The fourth-order valence-electron chi connectivity index (χ4n) is 2.69. The monoisotopic (exact) mass is 260 g/mol. The van der Waals surface area contributed by atoms with E-state index in [0.717, 1.165) is 17.5 Å². The van der Waals surface area contributed by atoms with Crippen LogP contribution in [0.5, 0.6) is 0 Å². The molecule has 1 atom stereocenters. The first-order valence-corrected chi connectivity index (χ1v) is 7.34. The van der Waals surface area contributed by atoms with Crippen molar-refractivity contribution in [2.24, 2.45) is 11.8 Å². The smallest absolute Gasteiger partial charge is 0.163 e. The lowest BCUT2D eigenvalue weighted by molar-refractivity contribution is 0.0958. The van der Waals surface area contributed by atoms with Crippen molar-refractivity contribution in [3.63, 3.8) is 0 Å². The molecule has 1 heteroatoms. The molecule has 0 saturated heterocycles. The van der Waals surface area contributed by atoms with Gasteiger partial charge in [0, 0.05) is 12.0 Å². The molecule has 106 valence electrons. The minimum Gasteiger partial charge on any atom is -0.294 e. The molecule has 1 rings (SSSR count). The summed E-state index contributed by atoms with van der Waals surface area (Å²) in [6.45, 7) is 13.1. The largest absolute Gasteiger partial charge is 0.294 e. The number of ketones is 1. The summed E-state index contributed by atoms with van der Waals surface area (Å²) in [7, 11) is 0.